The first-order valence-electron chi connectivity index (χ1n) is 7.05. The molecule has 0 radical (unpaired) electrons. The van der Waals surface area contributed by atoms with Gasteiger partial charge in [-0.3, -0.25) is 4.79 Å². The Bertz CT molecular complexity index is 587. The van der Waals surface area contributed by atoms with Crippen molar-refractivity contribution in [1.29, 1.82) is 0 Å². The van der Waals surface area contributed by atoms with Gasteiger partial charge in [0.25, 0.3) is 5.91 Å². The lowest BCUT2D eigenvalue weighted by molar-refractivity contribution is 0.0756. The van der Waals surface area contributed by atoms with E-state index in [0.29, 0.717) is 18.8 Å². The van der Waals surface area contributed by atoms with Crippen LogP contribution in [-0.4, -0.2) is 30.1 Å². The van der Waals surface area contributed by atoms with Gasteiger partial charge in [0, 0.05) is 24.1 Å². The van der Waals surface area contributed by atoms with Crippen LogP contribution in [0.2, 0.25) is 0 Å². The Morgan fingerprint density at radius 1 is 1.35 bits per heavy atom. The van der Waals surface area contributed by atoms with E-state index in [4.69, 9.17) is 4.74 Å². The molecule has 0 unspecified atom stereocenters. The second kappa shape index (κ2) is 6.57. The first-order valence-corrected chi connectivity index (χ1v) is 7.05. The average molecular weight is 274 g/mol. The number of H-pyrrole nitrogens is 1. The van der Waals surface area contributed by atoms with E-state index in [1.54, 1.807) is 0 Å². The second-order valence-electron chi connectivity index (χ2n) is 5.30. The monoisotopic (exact) mass is 274 g/mol. The van der Waals surface area contributed by atoms with Crippen LogP contribution in [0.25, 0.3) is 10.9 Å². The summed E-state index contributed by atoms with van der Waals surface area (Å²) in [6.07, 6.45) is 1.06. The summed E-state index contributed by atoms with van der Waals surface area (Å²) in [5, 5.41) is 3.97. The summed E-state index contributed by atoms with van der Waals surface area (Å²) in [6.45, 7) is 7.35. The number of fused-ring (bicyclic) bond motifs is 1. The molecule has 0 bridgehead atoms. The van der Waals surface area contributed by atoms with Crippen molar-refractivity contribution in [3.05, 3.63) is 35.5 Å². The number of nitrogens with one attached hydrogen (secondary N) is 2. The van der Waals surface area contributed by atoms with Gasteiger partial charge < -0.3 is 15.0 Å². The molecule has 0 spiro atoms. The van der Waals surface area contributed by atoms with Gasteiger partial charge in [0.1, 0.15) is 5.69 Å². The number of carbonyl (C=O) groups excluding carboxylic acids is 1. The third kappa shape index (κ3) is 3.84. The molecule has 2 rings (SSSR count). The SMILES string of the molecule is Cc1ccc2[nH]c(C(=O)NCCCOC(C)C)cc2c1. The third-order valence-corrected chi connectivity index (χ3v) is 3.08. The molecule has 4 heteroatoms. The van der Waals surface area contributed by atoms with Crippen molar-refractivity contribution in [3.8, 4) is 0 Å². The molecule has 1 aromatic carbocycles. The molecule has 2 aromatic rings. The number of aromatic nitrogens is 1. The van der Waals surface area contributed by atoms with Crippen molar-refractivity contribution in [2.75, 3.05) is 13.2 Å². The van der Waals surface area contributed by atoms with Crippen molar-refractivity contribution in [1.82, 2.24) is 10.3 Å². The molecule has 2 N–H and O–H groups in total. The Morgan fingerprint density at radius 2 is 2.15 bits per heavy atom. The predicted octanol–water partition coefficient (Wildman–Crippen LogP) is 3.02. The maximum absolute atomic E-state index is 12.0. The number of ether oxygens (including phenoxy) is 1. The summed E-state index contributed by atoms with van der Waals surface area (Å²) in [7, 11) is 0. The smallest absolute Gasteiger partial charge is 0.267 e. The van der Waals surface area contributed by atoms with Crippen LogP contribution in [0.4, 0.5) is 0 Å². The van der Waals surface area contributed by atoms with E-state index in [1.807, 2.05) is 39.0 Å². The van der Waals surface area contributed by atoms with E-state index in [9.17, 15) is 4.79 Å². The molecule has 0 aliphatic carbocycles. The van der Waals surface area contributed by atoms with Gasteiger partial charge in [0.2, 0.25) is 0 Å². The van der Waals surface area contributed by atoms with Gasteiger partial charge >= 0.3 is 0 Å². The Morgan fingerprint density at radius 3 is 2.90 bits per heavy atom. The molecule has 1 heterocycles. The lowest BCUT2D eigenvalue weighted by atomic mass is 10.2. The lowest BCUT2D eigenvalue weighted by Gasteiger charge is -2.07. The molecule has 1 aromatic heterocycles. The number of benzene rings is 1. The topological polar surface area (TPSA) is 54.1 Å². The molecule has 0 fully saturated rings. The maximum Gasteiger partial charge on any atom is 0.267 e. The molecule has 1 amide bonds. The van der Waals surface area contributed by atoms with Crippen LogP contribution in [0.3, 0.4) is 0 Å². The Hall–Kier alpha value is -1.81. The van der Waals surface area contributed by atoms with Crippen molar-refractivity contribution in [2.24, 2.45) is 0 Å². The lowest BCUT2D eigenvalue weighted by Crippen LogP contribution is -2.25. The zero-order valence-electron chi connectivity index (χ0n) is 12.3. The Labute approximate surface area is 119 Å². The predicted molar refractivity (Wildman–Crippen MR) is 81.1 cm³/mol. The van der Waals surface area contributed by atoms with Crippen LogP contribution in [-0.2, 0) is 4.74 Å². The highest BCUT2D eigenvalue weighted by Gasteiger charge is 2.08. The number of rotatable bonds is 6. The molecule has 0 atom stereocenters. The Kier molecular flexibility index (Phi) is 4.79. The van der Waals surface area contributed by atoms with Crippen molar-refractivity contribution < 1.29 is 9.53 Å². The van der Waals surface area contributed by atoms with E-state index in [0.717, 1.165) is 17.3 Å². The quantitative estimate of drug-likeness (QED) is 0.796. The van der Waals surface area contributed by atoms with E-state index < -0.39 is 0 Å². The first kappa shape index (κ1) is 14.6. The number of aromatic amines is 1. The molecule has 20 heavy (non-hydrogen) atoms. The van der Waals surface area contributed by atoms with Crippen LogP contribution >= 0.6 is 0 Å². The Balaban J connectivity index is 1.88. The standard InChI is InChI=1S/C16H22N2O2/c1-11(2)20-8-4-7-17-16(19)15-10-13-9-12(3)5-6-14(13)18-15/h5-6,9-11,18H,4,7-8H2,1-3H3,(H,17,19). The van der Waals surface area contributed by atoms with Gasteiger partial charge in [-0.05, 0) is 45.4 Å². The third-order valence-electron chi connectivity index (χ3n) is 3.08. The molecule has 0 saturated carbocycles. The fourth-order valence-electron chi connectivity index (χ4n) is 2.06. The van der Waals surface area contributed by atoms with Gasteiger partial charge in [-0.15, -0.1) is 0 Å². The summed E-state index contributed by atoms with van der Waals surface area (Å²) in [5.41, 5.74) is 2.79. The zero-order chi connectivity index (χ0) is 14.5. The molecular formula is C16H22N2O2. The van der Waals surface area contributed by atoms with Gasteiger partial charge in [-0.2, -0.15) is 0 Å². The molecule has 0 saturated heterocycles. The van der Waals surface area contributed by atoms with Gasteiger partial charge in [-0.1, -0.05) is 11.6 Å². The molecule has 0 aliphatic rings. The van der Waals surface area contributed by atoms with E-state index >= 15 is 0 Å². The maximum atomic E-state index is 12.0. The largest absolute Gasteiger partial charge is 0.379 e. The normalized spacial score (nSPS) is 11.2. The fourth-order valence-corrected chi connectivity index (χ4v) is 2.06. The average Bonchev–Trinajstić information content (AvgIpc) is 2.80. The van der Waals surface area contributed by atoms with Gasteiger partial charge in [0.15, 0.2) is 0 Å². The summed E-state index contributed by atoms with van der Waals surface area (Å²) in [6, 6.07) is 7.99. The van der Waals surface area contributed by atoms with Crippen LogP contribution < -0.4 is 5.32 Å². The van der Waals surface area contributed by atoms with E-state index in [1.165, 1.54) is 5.56 Å². The molecule has 108 valence electrons. The minimum absolute atomic E-state index is 0.0663. The van der Waals surface area contributed by atoms with Gasteiger partial charge in [-0.25, -0.2) is 0 Å². The van der Waals surface area contributed by atoms with Crippen LogP contribution in [0.1, 0.15) is 36.3 Å². The molecule has 0 aliphatic heterocycles. The minimum atomic E-state index is -0.0663. The minimum Gasteiger partial charge on any atom is -0.379 e. The van der Waals surface area contributed by atoms with E-state index in [-0.39, 0.29) is 12.0 Å². The van der Waals surface area contributed by atoms with Crippen molar-refractivity contribution in [2.45, 2.75) is 33.3 Å². The number of amides is 1. The first-order chi connectivity index (χ1) is 9.56. The van der Waals surface area contributed by atoms with Crippen molar-refractivity contribution >= 4 is 16.8 Å². The van der Waals surface area contributed by atoms with Crippen LogP contribution in [0.5, 0.6) is 0 Å². The number of aryl methyl sites for hydroxylation is 1. The summed E-state index contributed by atoms with van der Waals surface area (Å²) in [4.78, 5) is 15.2. The summed E-state index contributed by atoms with van der Waals surface area (Å²) >= 11 is 0. The second-order valence-corrected chi connectivity index (χ2v) is 5.30. The summed E-state index contributed by atoms with van der Waals surface area (Å²) < 4.78 is 5.43. The fraction of sp³-hybridized carbons (Fsp3) is 0.438. The highest BCUT2D eigenvalue weighted by molar-refractivity contribution is 5.98. The number of carbonyl (C=O) groups is 1. The molecule has 4 nitrogen and oxygen atoms in total. The van der Waals surface area contributed by atoms with Crippen molar-refractivity contribution in [3.63, 3.8) is 0 Å². The summed E-state index contributed by atoms with van der Waals surface area (Å²) in [5.74, 6) is -0.0663. The van der Waals surface area contributed by atoms with E-state index in [2.05, 4.69) is 16.4 Å². The van der Waals surface area contributed by atoms with Crippen LogP contribution in [0.15, 0.2) is 24.3 Å². The molecular weight excluding hydrogens is 252 g/mol. The number of hydrogen-bond acceptors (Lipinski definition) is 2. The zero-order valence-corrected chi connectivity index (χ0v) is 12.3. The highest BCUT2D eigenvalue weighted by Crippen LogP contribution is 2.16. The van der Waals surface area contributed by atoms with Crippen LogP contribution in [0, 0.1) is 6.92 Å². The highest BCUT2D eigenvalue weighted by atomic mass is 16.5. The number of hydrogen-bond donors (Lipinski definition) is 2. The van der Waals surface area contributed by atoms with Gasteiger partial charge in [0.05, 0.1) is 6.10 Å².